The van der Waals surface area contributed by atoms with Crippen LogP contribution in [0.5, 0.6) is 0 Å². The van der Waals surface area contributed by atoms with Crippen LogP contribution in [0.25, 0.3) is 0 Å². The van der Waals surface area contributed by atoms with Gasteiger partial charge in [-0.2, -0.15) is 0 Å². The van der Waals surface area contributed by atoms with Crippen molar-refractivity contribution in [3.05, 3.63) is 34.6 Å². The summed E-state index contributed by atoms with van der Waals surface area (Å²) < 4.78 is 13.5. The maximum atomic E-state index is 13.5. The summed E-state index contributed by atoms with van der Waals surface area (Å²) in [7, 11) is 0. The second-order valence-corrected chi connectivity index (χ2v) is 4.57. The van der Waals surface area contributed by atoms with Gasteiger partial charge in [0.25, 0.3) is 5.91 Å². The van der Waals surface area contributed by atoms with Crippen molar-refractivity contribution >= 4 is 23.5 Å². The molecule has 19 heavy (non-hydrogen) atoms. The van der Waals surface area contributed by atoms with Gasteiger partial charge in [-0.1, -0.05) is 31.4 Å². The van der Waals surface area contributed by atoms with Crippen molar-refractivity contribution in [3.63, 3.8) is 0 Å². The first-order chi connectivity index (χ1) is 8.95. The van der Waals surface area contributed by atoms with Crippen molar-refractivity contribution < 1.29 is 19.1 Å². The number of nitrogens with one attached hydrogen (secondary N) is 1. The molecule has 1 atom stereocenters. The number of unbranched alkanes of at least 4 members (excludes halogenated alkanes) is 1. The Morgan fingerprint density at radius 3 is 2.68 bits per heavy atom. The van der Waals surface area contributed by atoms with Crippen LogP contribution in [0.1, 0.15) is 36.5 Å². The van der Waals surface area contributed by atoms with E-state index in [-0.39, 0.29) is 10.6 Å². The number of carbonyl (C=O) groups excluding carboxylic acids is 1. The van der Waals surface area contributed by atoms with Crippen LogP contribution in [0.4, 0.5) is 4.39 Å². The van der Waals surface area contributed by atoms with Gasteiger partial charge in [-0.05, 0) is 24.6 Å². The average Bonchev–Trinajstić information content (AvgIpc) is 2.33. The van der Waals surface area contributed by atoms with Crippen LogP contribution in [0.15, 0.2) is 18.2 Å². The van der Waals surface area contributed by atoms with Crippen LogP contribution in [0.2, 0.25) is 5.02 Å². The Morgan fingerprint density at radius 2 is 2.16 bits per heavy atom. The van der Waals surface area contributed by atoms with Gasteiger partial charge >= 0.3 is 5.97 Å². The Bertz CT molecular complexity index is 479. The van der Waals surface area contributed by atoms with Gasteiger partial charge in [-0.15, -0.1) is 0 Å². The van der Waals surface area contributed by atoms with Gasteiger partial charge in [0.2, 0.25) is 0 Å². The number of carbonyl (C=O) groups is 2. The SMILES string of the molecule is CCCC[C@H](NC(=O)c1ccc(Cl)cc1F)C(=O)O. The van der Waals surface area contributed by atoms with Gasteiger partial charge in [-0.25, -0.2) is 9.18 Å². The second kappa shape index (κ2) is 7.09. The lowest BCUT2D eigenvalue weighted by molar-refractivity contribution is -0.139. The van der Waals surface area contributed by atoms with Crippen LogP contribution in [-0.2, 0) is 4.79 Å². The molecule has 0 aliphatic rings. The van der Waals surface area contributed by atoms with Crippen molar-refractivity contribution in [1.82, 2.24) is 5.32 Å². The molecule has 0 radical (unpaired) electrons. The zero-order chi connectivity index (χ0) is 14.4. The Kier molecular flexibility index (Phi) is 5.76. The Labute approximate surface area is 115 Å². The number of amides is 1. The predicted octanol–water partition coefficient (Wildman–Crippen LogP) is 2.85. The summed E-state index contributed by atoms with van der Waals surface area (Å²) in [5.41, 5.74) is -0.216. The molecule has 2 N–H and O–H groups in total. The summed E-state index contributed by atoms with van der Waals surface area (Å²) in [5, 5.41) is 11.5. The number of rotatable bonds is 6. The molecule has 1 amide bonds. The van der Waals surface area contributed by atoms with E-state index in [2.05, 4.69) is 5.32 Å². The number of benzene rings is 1. The summed E-state index contributed by atoms with van der Waals surface area (Å²) in [6.45, 7) is 1.92. The first kappa shape index (κ1) is 15.4. The fourth-order valence-corrected chi connectivity index (χ4v) is 1.73. The molecule has 0 aliphatic carbocycles. The van der Waals surface area contributed by atoms with Gasteiger partial charge in [0.1, 0.15) is 11.9 Å². The van der Waals surface area contributed by atoms with Crippen molar-refractivity contribution in [2.45, 2.75) is 32.2 Å². The highest BCUT2D eigenvalue weighted by Gasteiger charge is 2.21. The lowest BCUT2D eigenvalue weighted by Crippen LogP contribution is -2.41. The van der Waals surface area contributed by atoms with E-state index >= 15 is 0 Å². The number of aliphatic carboxylic acids is 1. The minimum absolute atomic E-state index is 0.176. The molecule has 0 saturated heterocycles. The first-order valence-electron chi connectivity index (χ1n) is 5.94. The zero-order valence-corrected chi connectivity index (χ0v) is 11.2. The van der Waals surface area contributed by atoms with Crippen molar-refractivity contribution in [1.29, 1.82) is 0 Å². The van der Waals surface area contributed by atoms with Gasteiger partial charge < -0.3 is 10.4 Å². The minimum atomic E-state index is -1.13. The quantitative estimate of drug-likeness (QED) is 0.845. The van der Waals surface area contributed by atoms with Crippen molar-refractivity contribution in [2.75, 3.05) is 0 Å². The maximum Gasteiger partial charge on any atom is 0.326 e. The monoisotopic (exact) mass is 287 g/mol. The standard InChI is InChI=1S/C13H15ClFNO3/c1-2-3-4-11(13(18)19)16-12(17)9-6-5-8(14)7-10(9)15/h5-7,11H,2-4H2,1H3,(H,16,17)(H,18,19)/t11-/m0/s1. The van der Waals surface area contributed by atoms with E-state index in [0.29, 0.717) is 12.8 Å². The molecule has 0 bridgehead atoms. The fourth-order valence-electron chi connectivity index (χ4n) is 1.58. The average molecular weight is 288 g/mol. The molecule has 6 heteroatoms. The van der Waals surface area contributed by atoms with Crippen LogP contribution in [-0.4, -0.2) is 23.0 Å². The molecular formula is C13H15ClFNO3. The molecule has 0 spiro atoms. The number of hydrogen-bond acceptors (Lipinski definition) is 2. The second-order valence-electron chi connectivity index (χ2n) is 4.13. The molecule has 0 heterocycles. The molecule has 1 aromatic carbocycles. The summed E-state index contributed by atoms with van der Waals surface area (Å²) in [5.74, 6) is -2.65. The lowest BCUT2D eigenvalue weighted by Gasteiger charge is -2.14. The summed E-state index contributed by atoms with van der Waals surface area (Å²) in [4.78, 5) is 22.8. The normalized spacial score (nSPS) is 11.9. The predicted molar refractivity (Wildman–Crippen MR) is 69.8 cm³/mol. The van der Waals surface area contributed by atoms with E-state index in [9.17, 15) is 14.0 Å². The van der Waals surface area contributed by atoms with Gasteiger partial charge in [0.05, 0.1) is 5.56 Å². The highest BCUT2D eigenvalue weighted by molar-refractivity contribution is 6.30. The third-order valence-corrected chi connectivity index (χ3v) is 2.86. The Hall–Kier alpha value is -1.62. The van der Waals surface area contributed by atoms with Crippen LogP contribution >= 0.6 is 11.6 Å². The molecule has 0 fully saturated rings. The Balaban J connectivity index is 2.78. The molecule has 1 rings (SSSR count). The van der Waals surface area contributed by atoms with E-state index in [4.69, 9.17) is 16.7 Å². The molecule has 0 unspecified atom stereocenters. The molecule has 0 saturated carbocycles. The number of carboxylic acids is 1. The third kappa shape index (κ3) is 4.52. The largest absolute Gasteiger partial charge is 0.480 e. The highest BCUT2D eigenvalue weighted by atomic mass is 35.5. The third-order valence-electron chi connectivity index (χ3n) is 2.63. The molecule has 1 aromatic rings. The molecule has 0 aliphatic heterocycles. The number of halogens is 2. The van der Waals surface area contributed by atoms with Gasteiger partial charge in [0.15, 0.2) is 0 Å². The minimum Gasteiger partial charge on any atom is -0.480 e. The molecule has 0 aromatic heterocycles. The molecule has 4 nitrogen and oxygen atoms in total. The van der Waals surface area contributed by atoms with Crippen molar-refractivity contribution in [3.8, 4) is 0 Å². The topological polar surface area (TPSA) is 66.4 Å². The summed E-state index contributed by atoms with van der Waals surface area (Å²) in [6.07, 6.45) is 1.79. The summed E-state index contributed by atoms with van der Waals surface area (Å²) in [6, 6.07) is 2.60. The first-order valence-corrected chi connectivity index (χ1v) is 6.32. The highest BCUT2D eigenvalue weighted by Crippen LogP contribution is 2.15. The van der Waals surface area contributed by atoms with Crippen LogP contribution in [0, 0.1) is 5.82 Å². The fraction of sp³-hybridized carbons (Fsp3) is 0.385. The van der Waals surface area contributed by atoms with E-state index in [1.807, 2.05) is 6.92 Å². The maximum absolute atomic E-state index is 13.5. The smallest absolute Gasteiger partial charge is 0.326 e. The molecule has 104 valence electrons. The summed E-state index contributed by atoms with van der Waals surface area (Å²) >= 11 is 5.58. The zero-order valence-electron chi connectivity index (χ0n) is 10.5. The number of carboxylic acid groups (broad SMARTS) is 1. The van der Waals surface area contributed by atoms with Gasteiger partial charge in [0, 0.05) is 5.02 Å². The van der Waals surface area contributed by atoms with Gasteiger partial charge in [-0.3, -0.25) is 4.79 Å². The van der Waals surface area contributed by atoms with Crippen LogP contribution in [0.3, 0.4) is 0 Å². The molecular weight excluding hydrogens is 273 g/mol. The van der Waals surface area contributed by atoms with E-state index in [1.165, 1.54) is 12.1 Å². The number of hydrogen-bond donors (Lipinski definition) is 2. The van der Waals surface area contributed by atoms with E-state index in [0.717, 1.165) is 12.5 Å². The van der Waals surface area contributed by atoms with E-state index in [1.54, 1.807) is 0 Å². The van der Waals surface area contributed by atoms with Crippen molar-refractivity contribution in [2.24, 2.45) is 0 Å². The lowest BCUT2D eigenvalue weighted by atomic mass is 10.1. The Morgan fingerprint density at radius 1 is 1.47 bits per heavy atom. The van der Waals surface area contributed by atoms with E-state index < -0.39 is 23.7 Å². The van der Waals surface area contributed by atoms with Crippen LogP contribution < -0.4 is 5.32 Å².